The van der Waals surface area contributed by atoms with Crippen LogP contribution in [0, 0.1) is 5.82 Å². The molecule has 0 saturated carbocycles. The topological polar surface area (TPSA) is 104 Å². The van der Waals surface area contributed by atoms with Crippen molar-refractivity contribution in [3.05, 3.63) is 46.6 Å². The lowest BCUT2D eigenvalue weighted by Crippen LogP contribution is -2.24. The van der Waals surface area contributed by atoms with Gasteiger partial charge in [0, 0.05) is 5.75 Å². The number of nitrogens with zero attached hydrogens (tertiary/aromatic N) is 3. The summed E-state index contributed by atoms with van der Waals surface area (Å²) in [5, 5.41) is 14.9. The smallest absolute Gasteiger partial charge is 0.262 e. The highest BCUT2D eigenvalue weighted by Crippen LogP contribution is 2.17. The van der Waals surface area contributed by atoms with Crippen LogP contribution in [0.5, 0.6) is 0 Å². The molecule has 2 heterocycles. The van der Waals surface area contributed by atoms with Gasteiger partial charge >= 0.3 is 0 Å². The molecule has 3 aromatic rings. The van der Waals surface area contributed by atoms with Crippen LogP contribution in [0.3, 0.4) is 0 Å². The number of H-pyrrole nitrogens is 1. The number of halogens is 1. The molecule has 0 atom stereocenters. The Kier molecular flexibility index (Phi) is 3.63. The van der Waals surface area contributed by atoms with Gasteiger partial charge in [0.2, 0.25) is 0 Å². The van der Waals surface area contributed by atoms with Crippen molar-refractivity contribution < 1.29 is 14.3 Å². The lowest BCUT2D eigenvalue weighted by molar-refractivity contribution is -0.301. The highest BCUT2D eigenvalue weighted by atomic mass is 32.2. The Morgan fingerprint density at radius 3 is 2.77 bits per heavy atom. The molecule has 1 N–H and O–H groups in total. The molecule has 0 aliphatic heterocycles. The molecule has 7 nitrogen and oxygen atoms in total. The van der Waals surface area contributed by atoms with E-state index in [1.165, 1.54) is 35.1 Å². The van der Waals surface area contributed by atoms with Crippen molar-refractivity contribution in [2.75, 3.05) is 5.75 Å². The predicted octanol–water partition coefficient (Wildman–Crippen LogP) is 0.0899. The van der Waals surface area contributed by atoms with Gasteiger partial charge in [-0.25, -0.2) is 14.1 Å². The average molecular weight is 319 g/mol. The van der Waals surface area contributed by atoms with Crippen LogP contribution in [-0.2, 0) is 4.79 Å². The number of aromatic nitrogens is 4. The molecule has 0 aliphatic carbocycles. The van der Waals surface area contributed by atoms with Crippen LogP contribution in [-0.4, -0.2) is 31.5 Å². The molecule has 0 radical (unpaired) electrons. The van der Waals surface area contributed by atoms with Crippen LogP contribution in [0.4, 0.5) is 4.39 Å². The normalized spacial score (nSPS) is 11.0. The van der Waals surface area contributed by atoms with Crippen molar-refractivity contribution in [1.29, 1.82) is 0 Å². The molecule has 0 aliphatic rings. The lowest BCUT2D eigenvalue weighted by atomic mass is 10.3. The number of fused-ring (bicyclic) bond motifs is 1. The second-order valence-corrected chi connectivity index (χ2v) is 5.27. The molecule has 9 heteroatoms. The third-order valence-corrected chi connectivity index (χ3v) is 3.66. The zero-order valence-electron chi connectivity index (χ0n) is 10.9. The molecule has 0 bridgehead atoms. The third-order valence-electron chi connectivity index (χ3n) is 2.81. The minimum absolute atomic E-state index is 0.144. The van der Waals surface area contributed by atoms with E-state index in [0.717, 1.165) is 11.8 Å². The highest BCUT2D eigenvalue weighted by molar-refractivity contribution is 7.99. The van der Waals surface area contributed by atoms with E-state index < -0.39 is 17.3 Å². The summed E-state index contributed by atoms with van der Waals surface area (Å²) >= 11 is 0.837. The monoisotopic (exact) mass is 319 g/mol. The zero-order valence-corrected chi connectivity index (χ0v) is 11.8. The summed E-state index contributed by atoms with van der Waals surface area (Å²) in [6, 6.07) is 5.53. The zero-order chi connectivity index (χ0) is 15.7. The highest BCUT2D eigenvalue weighted by Gasteiger charge is 2.12. The average Bonchev–Trinajstić information content (AvgIpc) is 2.90. The number of rotatable bonds is 4. The van der Waals surface area contributed by atoms with E-state index in [1.807, 2.05) is 0 Å². The van der Waals surface area contributed by atoms with Gasteiger partial charge in [0.1, 0.15) is 11.2 Å². The molecule has 0 amide bonds. The minimum Gasteiger partial charge on any atom is -0.549 e. The van der Waals surface area contributed by atoms with Gasteiger partial charge in [-0.15, -0.1) is 0 Å². The molecule has 0 spiro atoms. The molecular formula is C13H8FN4O3S-. The van der Waals surface area contributed by atoms with Gasteiger partial charge in [-0.1, -0.05) is 11.8 Å². The fraction of sp³-hybridized carbons (Fsp3) is 0.0769. The standard InChI is InChI=1S/C13H9FN4O3S/c14-7-1-3-8(4-2-7)18-11-9(5-15-18)12(21)17-13(16-11)22-6-10(19)20/h1-5H,6H2,(H,19,20)(H,16,17,21)/p-1. The number of carboxylic acid groups (broad SMARTS) is 1. The number of hydrogen-bond donors (Lipinski definition) is 1. The third kappa shape index (κ3) is 2.70. The van der Waals surface area contributed by atoms with Crippen molar-refractivity contribution in [2.45, 2.75) is 5.16 Å². The predicted molar refractivity (Wildman–Crippen MR) is 75.2 cm³/mol. The van der Waals surface area contributed by atoms with Crippen LogP contribution < -0.4 is 10.7 Å². The first-order valence-electron chi connectivity index (χ1n) is 6.11. The Morgan fingerprint density at radius 2 is 2.09 bits per heavy atom. The van der Waals surface area contributed by atoms with Crippen LogP contribution in [0.2, 0.25) is 0 Å². The van der Waals surface area contributed by atoms with Crippen molar-refractivity contribution in [1.82, 2.24) is 19.7 Å². The van der Waals surface area contributed by atoms with Gasteiger partial charge in [0.15, 0.2) is 10.8 Å². The van der Waals surface area contributed by atoms with E-state index in [1.54, 1.807) is 0 Å². The van der Waals surface area contributed by atoms with E-state index in [9.17, 15) is 19.1 Å². The second kappa shape index (κ2) is 5.60. The first kappa shape index (κ1) is 14.3. The summed E-state index contributed by atoms with van der Waals surface area (Å²) in [7, 11) is 0. The Hall–Kier alpha value is -2.68. The molecule has 2 aromatic heterocycles. The maximum Gasteiger partial charge on any atom is 0.262 e. The van der Waals surface area contributed by atoms with E-state index in [0.29, 0.717) is 5.69 Å². The number of carboxylic acids is 1. The first-order valence-corrected chi connectivity index (χ1v) is 7.10. The van der Waals surface area contributed by atoms with E-state index in [-0.39, 0.29) is 21.9 Å². The lowest BCUT2D eigenvalue weighted by Gasteiger charge is -2.05. The summed E-state index contributed by atoms with van der Waals surface area (Å²) in [5.74, 6) is -1.99. The van der Waals surface area contributed by atoms with E-state index in [2.05, 4.69) is 15.1 Å². The van der Waals surface area contributed by atoms with Crippen LogP contribution >= 0.6 is 11.8 Å². The van der Waals surface area contributed by atoms with Crippen molar-refractivity contribution in [3.63, 3.8) is 0 Å². The maximum atomic E-state index is 13.0. The number of thioether (sulfide) groups is 1. The summed E-state index contributed by atoms with van der Waals surface area (Å²) in [6.45, 7) is 0. The summed E-state index contributed by atoms with van der Waals surface area (Å²) in [5.41, 5.74) is 0.362. The first-order chi connectivity index (χ1) is 10.5. The number of carbonyl (C=O) groups excluding carboxylic acids is 1. The molecule has 112 valence electrons. The van der Waals surface area contributed by atoms with Crippen LogP contribution in [0.25, 0.3) is 16.7 Å². The fourth-order valence-electron chi connectivity index (χ4n) is 1.87. The summed E-state index contributed by atoms with van der Waals surface area (Å²) in [6.07, 6.45) is 1.34. The van der Waals surface area contributed by atoms with Gasteiger partial charge in [0.05, 0.1) is 17.9 Å². The Labute approximate surface area is 126 Å². The largest absolute Gasteiger partial charge is 0.549 e. The van der Waals surface area contributed by atoms with Gasteiger partial charge in [-0.05, 0) is 24.3 Å². The summed E-state index contributed by atoms with van der Waals surface area (Å²) in [4.78, 5) is 29.1. The molecule has 0 saturated heterocycles. The van der Waals surface area contributed by atoms with Crippen LogP contribution in [0.1, 0.15) is 0 Å². The number of aliphatic carboxylic acids is 1. The molecule has 3 rings (SSSR count). The molecule has 22 heavy (non-hydrogen) atoms. The number of aromatic amines is 1. The number of benzene rings is 1. The van der Waals surface area contributed by atoms with Gasteiger partial charge in [-0.2, -0.15) is 5.10 Å². The fourth-order valence-corrected chi connectivity index (χ4v) is 2.44. The van der Waals surface area contributed by atoms with Gasteiger partial charge in [-0.3, -0.25) is 4.79 Å². The minimum atomic E-state index is -1.26. The van der Waals surface area contributed by atoms with E-state index >= 15 is 0 Å². The Bertz CT molecular complexity index is 904. The SMILES string of the molecule is O=C([O-])CSc1nc2c(cnn2-c2ccc(F)cc2)c(=O)[nH]1. The van der Waals surface area contributed by atoms with Gasteiger partial charge in [0.25, 0.3) is 5.56 Å². The molecule has 0 unspecified atom stereocenters. The second-order valence-electron chi connectivity index (χ2n) is 4.30. The number of carbonyl (C=O) groups is 1. The van der Waals surface area contributed by atoms with E-state index in [4.69, 9.17) is 0 Å². The van der Waals surface area contributed by atoms with Crippen molar-refractivity contribution in [2.24, 2.45) is 0 Å². The van der Waals surface area contributed by atoms with Gasteiger partial charge < -0.3 is 14.9 Å². The molecule has 1 aromatic carbocycles. The number of nitrogens with one attached hydrogen (secondary N) is 1. The molecular weight excluding hydrogens is 311 g/mol. The molecule has 0 fully saturated rings. The number of hydrogen-bond acceptors (Lipinski definition) is 6. The quantitative estimate of drug-likeness (QED) is 0.540. The Morgan fingerprint density at radius 1 is 1.36 bits per heavy atom. The van der Waals surface area contributed by atoms with Crippen LogP contribution in [0.15, 0.2) is 40.4 Å². The van der Waals surface area contributed by atoms with Crippen molar-refractivity contribution >= 4 is 28.8 Å². The Balaban J connectivity index is 2.10. The summed E-state index contributed by atoms with van der Waals surface area (Å²) < 4.78 is 14.4. The van der Waals surface area contributed by atoms with Crippen molar-refractivity contribution in [3.8, 4) is 5.69 Å². The maximum absolute atomic E-state index is 13.0.